The molecule has 20 heavy (non-hydrogen) atoms. The number of likely N-dealkylation sites (tertiary alicyclic amines) is 1. The second-order valence-electron chi connectivity index (χ2n) is 6.52. The molecule has 6 nitrogen and oxygen atoms in total. The van der Waals surface area contributed by atoms with E-state index in [1.165, 1.54) is 0 Å². The molecule has 2 atom stereocenters. The van der Waals surface area contributed by atoms with Gasteiger partial charge in [-0.15, -0.1) is 0 Å². The third kappa shape index (κ3) is 2.52. The summed E-state index contributed by atoms with van der Waals surface area (Å²) in [7, 11) is 3.64. The summed E-state index contributed by atoms with van der Waals surface area (Å²) in [4.78, 5) is 18.3. The largest absolute Gasteiger partial charge is 0.380 e. The summed E-state index contributed by atoms with van der Waals surface area (Å²) in [6.45, 7) is 7.90. The molecule has 0 spiro atoms. The van der Waals surface area contributed by atoms with Crippen LogP contribution in [-0.4, -0.2) is 94.0 Å². The van der Waals surface area contributed by atoms with Gasteiger partial charge in [0, 0.05) is 58.2 Å². The molecule has 3 saturated heterocycles. The molecule has 3 heterocycles. The second kappa shape index (κ2) is 5.50. The molecule has 3 fully saturated rings. The Morgan fingerprint density at radius 3 is 2.75 bits per heavy atom. The first kappa shape index (κ1) is 14.1. The van der Waals surface area contributed by atoms with Crippen molar-refractivity contribution in [3.63, 3.8) is 0 Å². The van der Waals surface area contributed by atoms with Gasteiger partial charge in [-0.2, -0.15) is 0 Å². The van der Waals surface area contributed by atoms with Crippen molar-refractivity contribution >= 4 is 6.03 Å². The lowest BCUT2D eigenvalue weighted by Crippen LogP contribution is -2.48. The zero-order valence-electron chi connectivity index (χ0n) is 12.5. The Kier molecular flexibility index (Phi) is 3.88. The number of hydrogen-bond acceptors (Lipinski definition) is 4. The lowest BCUT2D eigenvalue weighted by molar-refractivity contribution is 0.0109. The summed E-state index contributed by atoms with van der Waals surface area (Å²) in [5.41, 5.74) is 0.128. The van der Waals surface area contributed by atoms with Crippen molar-refractivity contribution in [3.05, 3.63) is 0 Å². The van der Waals surface area contributed by atoms with Gasteiger partial charge in [-0.25, -0.2) is 4.79 Å². The lowest BCUT2D eigenvalue weighted by atomic mass is 9.80. The lowest BCUT2D eigenvalue weighted by Gasteiger charge is -2.36. The number of carbonyl (C=O) groups excluding carboxylic acids is 1. The first-order valence-electron chi connectivity index (χ1n) is 7.45. The molecule has 0 aromatic carbocycles. The zero-order valence-corrected chi connectivity index (χ0v) is 12.5. The third-order valence-electron chi connectivity index (χ3n) is 4.82. The number of hydrogen-bond donors (Lipinski definition) is 0. The maximum Gasteiger partial charge on any atom is 0.319 e. The first-order valence-corrected chi connectivity index (χ1v) is 7.45. The maximum atomic E-state index is 12.2. The van der Waals surface area contributed by atoms with Crippen LogP contribution in [0.5, 0.6) is 0 Å². The monoisotopic (exact) mass is 283 g/mol. The molecule has 0 bridgehead atoms. The summed E-state index contributed by atoms with van der Waals surface area (Å²) < 4.78 is 11.2. The van der Waals surface area contributed by atoms with E-state index in [1.807, 2.05) is 19.0 Å². The average molecular weight is 283 g/mol. The van der Waals surface area contributed by atoms with E-state index in [2.05, 4.69) is 4.90 Å². The molecule has 0 N–H and O–H groups in total. The summed E-state index contributed by atoms with van der Waals surface area (Å²) in [5.74, 6) is 0.481. The number of nitrogens with zero attached hydrogens (tertiary/aromatic N) is 3. The molecule has 2 amide bonds. The van der Waals surface area contributed by atoms with Crippen molar-refractivity contribution in [2.45, 2.75) is 0 Å². The molecular weight excluding hydrogens is 258 g/mol. The van der Waals surface area contributed by atoms with Crippen LogP contribution in [0.15, 0.2) is 0 Å². The SMILES string of the molecule is CN(C)C(=O)N1C[C@H]2COC[C@@]2(CN2CCOCC2)C1. The molecule has 0 unspecified atom stereocenters. The van der Waals surface area contributed by atoms with Gasteiger partial charge in [0.1, 0.15) is 0 Å². The molecule has 3 aliphatic rings. The Morgan fingerprint density at radius 1 is 1.30 bits per heavy atom. The fourth-order valence-electron chi connectivity index (χ4n) is 3.69. The van der Waals surface area contributed by atoms with E-state index >= 15 is 0 Å². The van der Waals surface area contributed by atoms with Crippen LogP contribution >= 0.6 is 0 Å². The summed E-state index contributed by atoms with van der Waals surface area (Å²) in [5, 5.41) is 0. The van der Waals surface area contributed by atoms with Gasteiger partial charge in [0.15, 0.2) is 0 Å². The molecule has 114 valence electrons. The highest BCUT2D eigenvalue weighted by Crippen LogP contribution is 2.42. The van der Waals surface area contributed by atoms with Crippen LogP contribution in [0.1, 0.15) is 0 Å². The van der Waals surface area contributed by atoms with Crippen LogP contribution in [0.4, 0.5) is 4.79 Å². The number of morpholine rings is 1. The predicted molar refractivity (Wildman–Crippen MR) is 74.7 cm³/mol. The number of rotatable bonds is 2. The molecule has 0 aromatic heterocycles. The van der Waals surface area contributed by atoms with E-state index in [0.29, 0.717) is 5.92 Å². The van der Waals surface area contributed by atoms with Gasteiger partial charge in [0.25, 0.3) is 0 Å². The van der Waals surface area contributed by atoms with E-state index in [9.17, 15) is 4.79 Å². The summed E-state index contributed by atoms with van der Waals surface area (Å²) >= 11 is 0. The fraction of sp³-hybridized carbons (Fsp3) is 0.929. The quantitative estimate of drug-likeness (QED) is 0.713. The number of ether oxygens (including phenoxy) is 2. The van der Waals surface area contributed by atoms with E-state index in [4.69, 9.17) is 9.47 Å². The molecule has 0 radical (unpaired) electrons. The average Bonchev–Trinajstić information content (AvgIpc) is 2.95. The highest BCUT2D eigenvalue weighted by molar-refractivity contribution is 5.74. The standard InChI is InChI=1S/C14H25N3O3/c1-15(2)13(18)17-7-12-8-20-11-14(12,10-17)9-16-3-5-19-6-4-16/h12H,3-11H2,1-2H3/t12-,14+/m0/s1. The first-order chi connectivity index (χ1) is 9.61. The van der Waals surface area contributed by atoms with E-state index < -0.39 is 0 Å². The van der Waals surface area contributed by atoms with Crippen LogP contribution in [-0.2, 0) is 9.47 Å². The Bertz CT molecular complexity index is 371. The predicted octanol–water partition coefficient (Wildman–Crippen LogP) is -0.0514. The Balaban J connectivity index is 1.68. The van der Waals surface area contributed by atoms with Crippen LogP contribution in [0.2, 0.25) is 0 Å². The van der Waals surface area contributed by atoms with E-state index in [1.54, 1.807) is 4.90 Å². The number of carbonyl (C=O) groups is 1. The van der Waals surface area contributed by atoms with Gasteiger partial charge in [0.2, 0.25) is 0 Å². The van der Waals surface area contributed by atoms with Crippen LogP contribution in [0.25, 0.3) is 0 Å². The van der Waals surface area contributed by atoms with Crippen molar-refractivity contribution in [1.82, 2.24) is 14.7 Å². The molecule has 3 aliphatic heterocycles. The molecular formula is C14H25N3O3. The summed E-state index contributed by atoms with van der Waals surface area (Å²) in [6, 6.07) is 0.126. The van der Waals surface area contributed by atoms with Crippen LogP contribution in [0.3, 0.4) is 0 Å². The van der Waals surface area contributed by atoms with Gasteiger partial charge in [0.05, 0.1) is 26.4 Å². The normalized spacial score (nSPS) is 34.3. The molecule has 0 saturated carbocycles. The van der Waals surface area contributed by atoms with Gasteiger partial charge < -0.3 is 19.3 Å². The van der Waals surface area contributed by atoms with Gasteiger partial charge in [-0.05, 0) is 0 Å². The highest BCUT2D eigenvalue weighted by Gasteiger charge is 2.52. The maximum absolute atomic E-state index is 12.2. The van der Waals surface area contributed by atoms with Gasteiger partial charge >= 0.3 is 6.03 Å². The number of urea groups is 1. The fourth-order valence-corrected chi connectivity index (χ4v) is 3.69. The van der Waals surface area contributed by atoms with Crippen molar-refractivity contribution in [2.75, 3.05) is 73.2 Å². The van der Waals surface area contributed by atoms with Crippen molar-refractivity contribution in [1.29, 1.82) is 0 Å². The molecule has 0 aliphatic carbocycles. The minimum absolute atomic E-state index is 0.126. The summed E-state index contributed by atoms with van der Waals surface area (Å²) in [6.07, 6.45) is 0. The molecule has 6 heteroatoms. The minimum Gasteiger partial charge on any atom is -0.380 e. The topological polar surface area (TPSA) is 45.2 Å². The molecule has 3 rings (SSSR count). The van der Waals surface area contributed by atoms with Crippen LogP contribution < -0.4 is 0 Å². The van der Waals surface area contributed by atoms with E-state index in [0.717, 1.165) is 59.2 Å². The van der Waals surface area contributed by atoms with Gasteiger partial charge in [-0.1, -0.05) is 0 Å². The second-order valence-corrected chi connectivity index (χ2v) is 6.52. The number of fused-ring (bicyclic) bond motifs is 1. The highest BCUT2D eigenvalue weighted by atomic mass is 16.5. The number of amides is 2. The van der Waals surface area contributed by atoms with Gasteiger partial charge in [-0.3, -0.25) is 4.90 Å². The Hall–Kier alpha value is -0.850. The van der Waals surface area contributed by atoms with E-state index in [-0.39, 0.29) is 11.4 Å². The third-order valence-corrected chi connectivity index (χ3v) is 4.82. The molecule has 0 aromatic rings. The van der Waals surface area contributed by atoms with Crippen molar-refractivity contribution < 1.29 is 14.3 Å². The van der Waals surface area contributed by atoms with Crippen molar-refractivity contribution in [3.8, 4) is 0 Å². The zero-order chi connectivity index (χ0) is 14.2. The smallest absolute Gasteiger partial charge is 0.319 e. The van der Waals surface area contributed by atoms with Crippen molar-refractivity contribution in [2.24, 2.45) is 11.3 Å². The van der Waals surface area contributed by atoms with Crippen LogP contribution in [0, 0.1) is 11.3 Å². The Morgan fingerprint density at radius 2 is 2.05 bits per heavy atom. The Labute approximate surface area is 120 Å². The minimum atomic E-state index is 0.126.